The number of hydrogen-bond donors (Lipinski definition) is 2. The molecule has 0 amide bonds. The molecule has 2 heterocycles. The Bertz CT molecular complexity index is 1160. The maximum atomic E-state index is 5.93. The lowest BCUT2D eigenvalue weighted by molar-refractivity contribution is 0.293. The molecule has 3 N–H and O–H groups in total. The zero-order valence-electron chi connectivity index (χ0n) is 15.0. The van der Waals surface area contributed by atoms with Gasteiger partial charge in [0.05, 0.1) is 5.75 Å². The predicted molar refractivity (Wildman–Crippen MR) is 114 cm³/mol. The van der Waals surface area contributed by atoms with Gasteiger partial charge in [-0.1, -0.05) is 41.6 Å². The van der Waals surface area contributed by atoms with E-state index in [9.17, 15) is 0 Å². The summed E-state index contributed by atoms with van der Waals surface area (Å²) in [6.45, 7) is 0.250. The monoisotopic (exact) mass is 445 g/mol. The number of thioether (sulfide) groups is 1. The highest BCUT2D eigenvalue weighted by Gasteiger charge is 2.16. The van der Waals surface area contributed by atoms with Crippen LogP contribution in [0.4, 0.5) is 0 Å². The van der Waals surface area contributed by atoms with E-state index in [-0.39, 0.29) is 6.61 Å². The van der Waals surface area contributed by atoms with E-state index in [0.717, 1.165) is 5.69 Å². The Morgan fingerprint density at radius 2 is 1.83 bits per heavy atom. The van der Waals surface area contributed by atoms with Gasteiger partial charge in [0.1, 0.15) is 12.4 Å². The number of aromatic nitrogens is 6. The van der Waals surface area contributed by atoms with Crippen molar-refractivity contribution in [2.24, 2.45) is 0 Å². The maximum Gasteiger partial charge on any atom is 0.214 e. The second-order valence-electron chi connectivity index (χ2n) is 5.92. The average Bonchev–Trinajstić information content (AvgIpc) is 3.30. The van der Waals surface area contributed by atoms with E-state index in [2.05, 4.69) is 20.4 Å². The predicted octanol–water partition coefficient (Wildman–Crippen LogP) is 3.76. The summed E-state index contributed by atoms with van der Waals surface area (Å²) in [4.78, 5) is 0. The van der Waals surface area contributed by atoms with Crippen molar-refractivity contribution in [1.29, 1.82) is 0 Å². The van der Waals surface area contributed by atoms with Gasteiger partial charge in [0.2, 0.25) is 4.77 Å². The van der Waals surface area contributed by atoms with Crippen molar-refractivity contribution in [3.8, 4) is 11.4 Å². The van der Waals surface area contributed by atoms with Crippen LogP contribution >= 0.6 is 35.6 Å². The highest BCUT2D eigenvalue weighted by Crippen LogP contribution is 2.25. The molecule has 0 fully saturated rings. The van der Waals surface area contributed by atoms with E-state index in [1.165, 1.54) is 16.4 Å². The first kappa shape index (κ1) is 19.5. The Balaban J connectivity index is 1.58. The molecule has 0 spiro atoms. The minimum absolute atomic E-state index is 0.250. The first-order valence-corrected chi connectivity index (χ1v) is 10.3. The number of halogens is 1. The molecule has 0 atom stereocenters. The molecule has 0 aliphatic heterocycles. The average molecular weight is 446 g/mol. The zero-order chi connectivity index (χ0) is 20.2. The quantitative estimate of drug-likeness (QED) is 0.254. The van der Waals surface area contributed by atoms with E-state index in [1.807, 2.05) is 47.0 Å². The normalized spacial score (nSPS) is 10.9. The molecular formula is C18H16ClN7OS2. The maximum absolute atomic E-state index is 5.93. The van der Waals surface area contributed by atoms with Crippen LogP contribution in [-0.4, -0.2) is 29.6 Å². The van der Waals surface area contributed by atoms with Crippen LogP contribution < -0.4 is 10.6 Å². The molecule has 4 aromatic rings. The summed E-state index contributed by atoms with van der Waals surface area (Å²) >= 11 is 12.4. The van der Waals surface area contributed by atoms with Gasteiger partial charge in [0.15, 0.2) is 16.8 Å². The second-order valence-corrected chi connectivity index (χ2v) is 7.68. The number of nitrogens with two attached hydrogens (primary N) is 1. The molecule has 0 aliphatic rings. The zero-order valence-corrected chi connectivity index (χ0v) is 17.4. The number of nitrogen functional groups attached to an aromatic ring is 1. The van der Waals surface area contributed by atoms with Gasteiger partial charge in [-0.2, -0.15) is 5.10 Å². The summed E-state index contributed by atoms with van der Waals surface area (Å²) in [6.07, 6.45) is 0. The van der Waals surface area contributed by atoms with Gasteiger partial charge in [-0.15, -0.1) is 10.2 Å². The first-order chi connectivity index (χ1) is 14.1. The van der Waals surface area contributed by atoms with Crippen molar-refractivity contribution < 1.29 is 4.74 Å². The Hall–Kier alpha value is -2.82. The van der Waals surface area contributed by atoms with Crippen molar-refractivity contribution >= 4 is 35.6 Å². The number of hydrogen-bond acceptors (Lipinski definition) is 7. The summed E-state index contributed by atoms with van der Waals surface area (Å²) in [7, 11) is 0. The van der Waals surface area contributed by atoms with E-state index in [1.54, 1.807) is 12.1 Å². The van der Waals surface area contributed by atoms with Gasteiger partial charge in [-0.05, 0) is 48.6 Å². The molecule has 2 aromatic carbocycles. The standard InChI is InChI=1S/C18H16ClN7OS2/c19-12-6-8-14(9-7-12)27-10-15-21-24-18(25(15)13-4-2-1-3-5-13)29-11-16-22-23-17(28)26(16)20/h1-9H,10-11,20H2,(H,23,28). The van der Waals surface area contributed by atoms with Crippen LogP contribution in [0.2, 0.25) is 5.02 Å². The van der Waals surface area contributed by atoms with Crippen LogP contribution in [0.15, 0.2) is 59.8 Å². The summed E-state index contributed by atoms with van der Waals surface area (Å²) in [5.41, 5.74) is 0.932. The minimum atomic E-state index is 0.250. The fraction of sp³-hybridized carbons (Fsp3) is 0.111. The molecule has 2 aromatic heterocycles. The molecule has 8 nitrogen and oxygen atoms in total. The number of para-hydroxylation sites is 1. The third kappa shape index (κ3) is 4.44. The third-order valence-corrected chi connectivity index (χ3v) is 5.47. The molecule has 0 unspecified atom stereocenters. The third-order valence-electron chi connectivity index (χ3n) is 4.00. The molecule has 148 valence electrons. The number of ether oxygens (including phenoxy) is 1. The smallest absolute Gasteiger partial charge is 0.214 e. The van der Waals surface area contributed by atoms with Crippen molar-refractivity contribution in [2.45, 2.75) is 17.5 Å². The van der Waals surface area contributed by atoms with Crippen LogP contribution in [-0.2, 0) is 12.4 Å². The fourth-order valence-corrected chi connectivity index (χ4v) is 3.75. The van der Waals surface area contributed by atoms with E-state index in [4.69, 9.17) is 34.4 Å². The second kappa shape index (κ2) is 8.68. The lowest BCUT2D eigenvalue weighted by Gasteiger charge is -2.11. The van der Waals surface area contributed by atoms with Gasteiger partial charge in [-0.25, -0.2) is 4.68 Å². The van der Waals surface area contributed by atoms with Crippen LogP contribution in [0.3, 0.4) is 0 Å². The molecule has 0 saturated heterocycles. The Morgan fingerprint density at radius 1 is 1.07 bits per heavy atom. The number of benzene rings is 2. The lowest BCUT2D eigenvalue weighted by atomic mass is 10.3. The van der Waals surface area contributed by atoms with Gasteiger partial charge >= 0.3 is 0 Å². The minimum Gasteiger partial charge on any atom is -0.486 e. The molecule has 0 aliphatic carbocycles. The Morgan fingerprint density at radius 3 is 2.52 bits per heavy atom. The van der Waals surface area contributed by atoms with Gasteiger partial charge in [-0.3, -0.25) is 9.67 Å². The molecule has 0 bridgehead atoms. The van der Waals surface area contributed by atoms with Crippen molar-refractivity contribution in [2.75, 3.05) is 5.84 Å². The van der Waals surface area contributed by atoms with Crippen LogP contribution in [0, 0.1) is 4.77 Å². The molecule has 0 saturated carbocycles. The number of rotatable bonds is 7. The summed E-state index contributed by atoms with van der Waals surface area (Å²) in [5.74, 6) is 8.33. The van der Waals surface area contributed by atoms with E-state index >= 15 is 0 Å². The van der Waals surface area contributed by atoms with Gasteiger partial charge < -0.3 is 10.6 Å². The van der Waals surface area contributed by atoms with Crippen molar-refractivity contribution in [3.05, 3.63) is 76.0 Å². The van der Waals surface area contributed by atoms with Gasteiger partial charge in [0.25, 0.3) is 0 Å². The highest BCUT2D eigenvalue weighted by atomic mass is 35.5. The largest absolute Gasteiger partial charge is 0.486 e. The van der Waals surface area contributed by atoms with Crippen LogP contribution in [0.25, 0.3) is 5.69 Å². The molecule has 0 radical (unpaired) electrons. The van der Waals surface area contributed by atoms with E-state index in [0.29, 0.717) is 38.1 Å². The van der Waals surface area contributed by atoms with Crippen molar-refractivity contribution in [3.63, 3.8) is 0 Å². The Labute approximate surface area is 180 Å². The number of aromatic amines is 1. The number of nitrogens with zero attached hydrogens (tertiary/aromatic N) is 5. The number of nitrogens with one attached hydrogen (secondary N) is 1. The van der Waals surface area contributed by atoms with Gasteiger partial charge in [0, 0.05) is 10.7 Å². The Kier molecular flexibility index (Phi) is 5.84. The fourth-order valence-electron chi connectivity index (χ4n) is 2.57. The topological polar surface area (TPSA) is 99.6 Å². The molecular weight excluding hydrogens is 430 g/mol. The van der Waals surface area contributed by atoms with E-state index < -0.39 is 0 Å². The van der Waals surface area contributed by atoms with Crippen LogP contribution in [0.1, 0.15) is 11.6 Å². The molecule has 29 heavy (non-hydrogen) atoms. The summed E-state index contributed by atoms with van der Waals surface area (Å²) < 4.78 is 9.51. The summed E-state index contributed by atoms with van der Waals surface area (Å²) in [5, 5.41) is 16.8. The first-order valence-electron chi connectivity index (χ1n) is 8.54. The highest BCUT2D eigenvalue weighted by molar-refractivity contribution is 7.98. The summed E-state index contributed by atoms with van der Waals surface area (Å²) in [6, 6.07) is 17.0. The molecule has 11 heteroatoms. The lowest BCUT2D eigenvalue weighted by Crippen LogP contribution is -2.12. The number of H-pyrrole nitrogens is 1. The molecule has 4 rings (SSSR count). The SMILES string of the molecule is Nn1c(CSc2nnc(COc3ccc(Cl)cc3)n2-c2ccccc2)n[nH]c1=S. The van der Waals surface area contributed by atoms with Crippen LogP contribution in [0.5, 0.6) is 5.75 Å². The van der Waals surface area contributed by atoms with Crippen molar-refractivity contribution in [1.82, 2.24) is 29.6 Å².